The van der Waals surface area contributed by atoms with Gasteiger partial charge in [0.05, 0.1) is 6.04 Å². The van der Waals surface area contributed by atoms with Crippen molar-refractivity contribution >= 4 is 23.6 Å². The van der Waals surface area contributed by atoms with E-state index in [1.807, 2.05) is 13.2 Å². The largest absolute Gasteiger partial charge is 0.480 e. The predicted molar refractivity (Wildman–Crippen MR) is 65.4 cm³/mol. The van der Waals surface area contributed by atoms with E-state index in [2.05, 4.69) is 5.32 Å². The van der Waals surface area contributed by atoms with E-state index in [0.717, 1.165) is 5.75 Å². The molecule has 0 saturated heterocycles. The molecule has 4 N–H and O–H groups in total. The first-order chi connectivity index (χ1) is 7.52. The Morgan fingerprint density at radius 3 is 2.50 bits per heavy atom. The van der Waals surface area contributed by atoms with Crippen molar-refractivity contribution in [2.75, 3.05) is 12.0 Å². The standard InChI is InChI=1S/C10H20N2O3S/c1-3-4-8(10(14)15)12-9(13)7(11)5-6-16-2/h7-8H,3-6,11H2,1-2H3,(H,12,13)(H,14,15)/t7-,8-/m0/s1. The monoisotopic (exact) mass is 248 g/mol. The fourth-order valence-electron chi connectivity index (χ4n) is 1.20. The number of carbonyl (C=O) groups excluding carboxylic acids is 1. The van der Waals surface area contributed by atoms with Crippen LogP contribution in [-0.2, 0) is 9.59 Å². The zero-order valence-corrected chi connectivity index (χ0v) is 10.5. The summed E-state index contributed by atoms with van der Waals surface area (Å²) >= 11 is 1.61. The van der Waals surface area contributed by atoms with Gasteiger partial charge >= 0.3 is 5.97 Å². The average molecular weight is 248 g/mol. The quantitative estimate of drug-likeness (QED) is 0.579. The van der Waals surface area contributed by atoms with Crippen LogP contribution in [0.2, 0.25) is 0 Å². The highest BCUT2D eigenvalue weighted by Gasteiger charge is 2.21. The molecule has 0 aromatic carbocycles. The van der Waals surface area contributed by atoms with Crippen LogP contribution in [0.25, 0.3) is 0 Å². The minimum absolute atomic E-state index is 0.380. The minimum atomic E-state index is -1.01. The van der Waals surface area contributed by atoms with Crippen LogP contribution in [0.15, 0.2) is 0 Å². The molecule has 0 rings (SSSR count). The number of nitrogens with two attached hydrogens (primary N) is 1. The van der Waals surface area contributed by atoms with E-state index in [9.17, 15) is 9.59 Å². The highest BCUT2D eigenvalue weighted by Crippen LogP contribution is 2.01. The number of carboxylic acid groups (broad SMARTS) is 1. The third-order valence-electron chi connectivity index (χ3n) is 2.16. The normalized spacial score (nSPS) is 14.2. The first-order valence-corrected chi connectivity index (χ1v) is 6.70. The molecule has 0 aromatic rings. The number of carbonyl (C=O) groups is 2. The van der Waals surface area contributed by atoms with Crippen molar-refractivity contribution in [3.63, 3.8) is 0 Å². The van der Waals surface area contributed by atoms with Gasteiger partial charge in [-0.25, -0.2) is 4.79 Å². The number of rotatable bonds is 8. The van der Waals surface area contributed by atoms with Crippen LogP contribution in [0.4, 0.5) is 0 Å². The van der Waals surface area contributed by atoms with Crippen LogP contribution in [-0.4, -0.2) is 41.1 Å². The fraction of sp³-hybridized carbons (Fsp3) is 0.800. The van der Waals surface area contributed by atoms with E-state index in [0.29, 0.717) is 19.3 Å². The van der Waals surface area contributed by atoms with Crippen molar-refractivity contribution in [1.82, 2.24) is 5.32 Å². The summed E-state index contributed by atoms with van der Waals surface area (Å²) in [4.78, 5) is 22.3. The summed E-state index contributed by atoms with van der Waals surface area (Å²) in [5.74, 6) is -0.595. The summed E-state index contributed by atoms with van der Waals surface area (Å²) in [5.41, 5.74) is 5.63. The third kappa shape index (κ3) is 5.97. The van der Waals surface area contributed by atoms with Gasteiger partial charge in [0, 0.05) is 0 Å². The van der Waals surface area contributed by atoms with E-state index < -0.39 is 18.1 Å². The lowest BCUT2D eigenvalue weighted by Gasteiger charge is -2.16. The number of carboxylic acids is 1. The zero-order valence-electron chi connectivity index (χ0n) is 9.73. The van der Waals surface area contributed by atoms with E-state index in [-0.39, 0.29) is 5.91 Å². The number of hydrogen-bond donors (Lipinski definition) is 3. The van der Waals surface area contributed by atoms with Gasteiger partial charge < -0.3 is 16.2 Å². The summed E-state index contributed by atoms with van der Waals surface area (Å²) in [6, 6.07) is -1.44. The van der Waals surface area contributed by atoms with E-state index in [1.165, 1.54) is 0 Å². The van der Waals surface area contributed by atoms with Crippen molar-refractivity contribution in [1.29, 1.82) is 0 Å². The second-order valence-electron chi connectivity index (χ2n) is 3.58. The van der Waals surface area contributed by atoms with Gasteiger partial charge in [-0.1, -0.05) is 13.3 Å². The Hall–Kier alpha value is -0.750. The lowest BCUT2D eigenvalue weighted by atomic mass is 10.1. The molecule has 94 valence electrons. The second-order valence-corrected chi connectivity index (χ2v) is 4.56. The predicted octanol–water partition coefficient (Wildman–Crippen LogP) is 0.436. The molecule has 0 aromatic heterocycles. The summed E-state index contributed by atoms with van der Waals surface area (Å²) in [7, 11) is 0. The molecule has 0 bridgehead atoms. The molecular formula is C10H20N2O3S. The highest BCUT2D eigenvalue weighted by atomic mass is 32.2. The Labute approximate surface area is 100 Å². The molecule has 0 saturated carbocycles. The Bertz CT molecular complexity index is 236. The van der Waals surface area contributed by atoms with Crippen LogP contribution in [0.3, 0.4) is 0 Å². The maximum Gasteiger partial charge on any atom is 0.326 e. The zero-order chi connectivity index (χ0) is 12.6. The van der Waals surface area contributed by atoms with Crippen LogP contribution >= 0.6 is 11.8 Å². The van der Waals surface area contributed by atoms with Gasteiger partial charge in [0.1, 0.15) is 6.04 Å². The maximum absolute atomic E-state index is 11.5. The summed E-state index contributed by atoms with van der Waals surface area (Å²) in [6.45, 7) is 1.87. The van der Waals surface area contributed by atoms with Gasteiger partial charge in [-0.15, -0.1) is 0 Å². The summed E-state index contributed by atoms with van der Waals surface area (Å²) in [5, 5.41) is 11.3. The lowest BCUT2D eigenvalue weighted by Crippen LogP contribution is -2.48. The molecule has 2 atom stereocenters. The molecule has 0 unspecified atom stereocenters. The topological polar surface area (TPSA) is 92.4 Å². The Morgan fingerprint density at radius 2 is 2.06 bits per heavy atom. The molecule has 0 fully saturated rings. The molecule has 0 aliphatic heterocycles. The molecule has 0 heterocycles. The number of nitrogens with one attached hydrogen (secondary N) is 1. The van der Waals surface area contributed by atoms with E-state index in [4.69, 9.17) is 10.8 Å². The van der Waals surface area contributed by atoms with Gasteiger partial charge in [0.2, 0.25) is 5.91 Å². The molecular weight excluding hydrogens is 228 g/mol. The number of thioether (sulfide) groups is 1. The molecule has 6 heteroatoms. The number of amides is 1. The second kappa shape index (κ2) is 8.41. The third-order valence-corrected chi connectivity index (χ3v) is 2.81. The van der Waals surface area contributed by atoms with E-state index in [1.54, 1.807) is 11.8 Å². The van der Waals surface area contributed by atoms with Crippen LogP contribution in [0.1, 0.15) is 26.2 Å². The first kappa shape index (κ1) is 15.2. The molecule has 5 nitrogen and oxygen atoms in total. The van der Waals surface area contributed by atoms with Crippen molar-refractivity contribution in [2.24, 2.45) is 5.73 Å². The molecule has 0 radical (unpaired) electrons. The van der Waals surface area contributed by atoms with Gasteiger partial charge in [0.25, 0.3) is 0 Å². The Kier molecular flexibility index (Phi) is 8.01. The Balaban J connectivity index is 4.12. The van der Waals surface area contributed by atoms with E-state index >= 15 is 0 Å². The number of aliphatic carboxylic acids is 1. The highest BCUT2D eigenvalue weighted by molar-refractivity contribution is 7.98. The number of hydrogen-bond acceptors (Lipinski definition) is 4. The fourth-order valence-corrected chi connectivity index (χ4v) is 1.69. The van der Waals surface area contributed by atoms with Gasteiger partial charge in [0.15, 0.2) is 0 Å². The van der Waals surface area contributed by atoms with Crippen molar-refractivity contribution in [3.8, 4) is 0 Å². The SMILES string of the molecule is CCC[C@H](NC(=O)[C@@H](N)CCSC)C(=O)O. The van der Waals surface area contributed by atoms with Crippen molar-refractivity contribution < 1.29 is 14.7 Å². The Morgan fingerprint density at radius 1 is 1.44 bits per heavy atom. The minimum Gasteiger partial charge on any atom is -0.480 e. The van der Waals surface area contributed by atoms with Gasteiger partial charge in [-0.3, -0.25) is 4.79 Å². The summed E-state index contributed by atoms with van der Waals surface area (Å²) < 4.78 is 0. The molecule has 1 amide bonds. The first-order valence-electron chi connectivity index (χ1n) is 5.30. The van der Waals surface area contributed by atoms with Gasteiger partial charge in [-0.05, 0) is 24.9 Å². The summed E-state index contributed by atoms with van der Waals surface area (Å²) in [6.07, 6.45) is 3.63. The molecule has 0 spiro atoms. The average Bonchev–Trinajstić information content (AvgIpc) is 2.24. The van der Waals surface area contributed by atoms with Gasteiger partial charge in [-0.2, -0.15) is 11.8 Å². The van der Waals surface area contributed by atoms with Crippen LogP contribution in [0.5, 0.6) is 0 Å². The smallest absolute Gasteiger partial charge is 0.326 e. The maximum atomic E-state index is 11.5. The van der Waals surface area contributed by atoms with Crippen molar-refractivity contribution in [3.05, 3.63) is 0 Å². The molecule has 0 aliphatic rings. The molecule has 16 heavy (non-hydrogen) atoms. The lowest BCUT2D eigenvalue weighted by molar-refractivity contribution is -0.142. The molecule has 0 aliphatic carbocycles. The van der Waals surface area contributed by atoms with Crippen LogP contribution < -0.4 is 11.1 Å². The van der Waals surface area contributed by atoms with Crippen molar-refractivity contribution in [2.45, 2.75) is 38.3 Å². The van der Waals surface area contributed by atoms with Crippen LogP contribution in [0, 0.1) is 0 Å².